The maximum Gasteiger partial charge on any atom is 0.309 e. The Bertz CT molecular complexity index is 1060. The fourth-order valence-electron chi connectivity index (χ4n) is 3.16. The predicted molar refractivity (Wildman–Crippen MR) is 103 cm³/mol. The van der Waals surface area contributed by atoms with Crippen molar-refractivity contribution >= 4 is 17.6 Å². The Morgan fingerprint density at radius 2 is 2.10 bits per heavy atom. The number of likely N-dealkylation sites (tertiary alicyclic amines) is 1. The topological polar surface area (TPSA) is 132 Å². The van der Waals surface area contributed by atoms with Crippen LogP contribution in [0.4, 0.5) is 4.39 Å². The van der Waals surface area contributed by atoms with Gasteiger partial charge in [0.1, 0.15) is 5.75 Å². The van der Waals surface area contributed by atoms with E-state index >= 15 is 0 Å². The van der Waals surface area contributed by atoms with Crippen LogP contribution < -0.4 is 10.5 Å². The average Bonchev–Trinajstić information content (AvgIpc) is 3.31. The summed E-state index contributed by atoms with van der Waals surface area (Å²) in [4.78, 5) is 18.2. The number of halogens is 2. The molecular formula is C18H17ClFN7O3. The normalized spacial score (nSPS) is 19.2. The molecule has 0 radical (unpaired) electrons. The zero-order valence-corrected chi connectivity index (χ0v) is 16.3. The summed E-state index contributed by atoms with van der Waals surface area (Å²) >= 11 is 5.68. The van der Waals surface area contributed by atoms with Gasteiger partial charge in [0.05, 0.1) is 23.2 Å². The van der Waals surface area contributed by atoms with Crippen molar-refractivity contribution in [2.45, 2.75) is 12.6 Å². The molecule has 3 aromatic rings. The van der Waals surface area contributed by atoms with E-state index in [1.807, 2.05) is 4.90 Å². The van der Waals surface area contributed by atoms with Gasteiger partial charge < -0.3 is 15.6 Å². The number of nitrogens with two attached hydrogens (primary N) is 1. The fourth-order valence-corrected chi connectivity index (χ4v) is 3.30. The maximum absolute atomic E-state index is 13.8. The van der Waals surface area contributed by atoms with E-state index in [4.69, 9.17) is 27.2 Å². The number of hydrogen-bond donors (Lipinski definition) is 2. The summed E-state index contributed by atoms with van der Waals surface area (Å²) in [6.07, 6.45) is 1.29. The standard InChI is InChI=1S/C18H17ClFN7O3/c19-10-5-14(20)17(22-6-10)30-12-3-1-11(2-4-12)27-24-16(23-25-27)9-26-7-13(18(28)29)15(21)8-26/h1-6,13,15H,7-9,21H2,(H,28,29). The molecule has 1 aliphatic rings. The molecule has 0 aliphatic carbocycles. The quantitative estimate of drug-likeness (QED) is 0.593. The Balaban J connectivity index is 1.40. The predicted octanol–water partition coefficient (Wildman–Crippen LogP) is 1.49. The van der Waals surface area contributed by atoms with Crippen LogP contribution in [0.2, 0.25) is 5.02 Å². The molecule has 2 aromatic heterocycles. The molecule has 1 fully saturated rings. The number of pyridine rings is 1. The SMILES string of the molecule is NC1CN(Cc2nnn(-c3ccc(Oc4ncc(Cl)cc4F)cc3)n2)CC1C(=O)O. The minimum Gasteiger partial charge on any atom is -0.481 e. The minimum atomic E-state index is -0.905. The Morgan fingerprint density at radius 1 is 1.33 bits per heavy atom. The van der Waals surface area contributed by atoms with Crippen molar-refractivity contribution in [1.29, 1.82) is 0 Å². The lowest BCUT2D eigenvalue weighted by Crippen LogP contribution is -2.33. The Morgan fingerprint density at radius 3 is 2.77 bits per heavy atom. The van der Waals surface area contributed by atoms with Gasteiger partial charge in [-0.2, -0.15) is 0 Å². The molecular weight excluding hydrogens is 417 g/mol. The van der Waals surface area contributed by atoms with E-state index in [0.29, 0.717) is 36.9 Å². The molecule has 4 rings (SSSR count). The van der Waals surface area contributed by atoms with E-state index in [1.54, 1.807) is 24.3 Å². The number of hydrogen-bond acceptors (Lipinski definition) is 8. The van der Waals surface area contributed by atoms with Crippen molar-refractivity contribution in [3.05, 3.63) is 53.2 Å². The molecule has 30 heavy (non-hydrogen) atoms. The first-order chi connectivity index (χ1) is 14.4. The summed E-state index contributed by atoms with van der Waals surface area (Å²) in [5, 5.41) is 21.7. The van der Waals surface area contributed by atoms with E-state index in [1.165, 1.54) is 11.0 Å². The van der Waals surface area contributed by atoms with Crippen molar-refractivity contribution in [3.63, 3.8) is 0 Å². The molecule has 10 nitrogen and oxygen atoms in total. The summed E-state index contributed by atoms with van der Waals surface area (Å²) in [6.45, 7) is 1.14. The van der Waals surface area contributed by atoms with Crippen molar-refractivity contribution in [2.24, 2.45) is 11.7 Å². The first-order valence-electron chi connectivity index (χ1n) is 8.98. The van der Waals surface area contributed by atoms with E-state index in [-0.39, 0.29) is 10.9 Å². The third kappa shape index (κ3) is 4.37. The van der Waals surface area contributed by atoms with Gasteiger partial charge in [-0.3, -0.25) is 9.69 Å². The van der Waals surface area contributed by atoms with Crippen LogP contribution in [0.15, 0.2) is 36.5 Å². The monoisotopic (exact) mass is 433 g/mol. The largest absolute Gasteiger partial charge is 0.481 e. The average molecular weight is 434 g/mol. The Hall–Kier alpha value is -3.15. The first-order valence-corrected chi connectivity index (χ1v) is 9.36. The van der Waals surface area contributed by atoms with Crippen LogP contribution in [0.25, 0.3) is 5.69 Å². The molecule has 3 N–H and O–H groups in total. The lowest BCUT2D eigenvalue weighted by molar-refractivity contribution is -0.141. The maximum atomic E-state index is 13.8. The molecule has 0 bridgehead atoms. The number of tetrazole rings is 1. The zero-order valence-electron chi connectivity index (χ0n) is 15.5. The third-order valence-electron chi connectivity index (χ3n) is 4.63. The highest BCUT2D eigenvalue weighted by Gasteiger charge is 2.35. The highest BCUT2D eigenvalue weighted by molar-refractivity contribution is 6.30. The number of carboxylic acids is 1. The van der Waals surface area contributed by atoms with Gasteiger partial charge in [-0.15, -0.1) is 15.0 Å². The van der Waals surface area contributed by atoms with Crippen LogP contribution in [0.1, 0.15) is 5.82 Å². The van der Waals surface area contributed by atoms with E-state index < -0.39 is 23.7 Å². The molecule has 3 heterocycles. The van der Waals surface area contributed by atoms with Gasteiger partial charge in [0.25, 0.3) is 5.88 Å². The summed E-state index contributed by atoms with van der Waals surface area (Å²) in [7, 11) is 0. The van der Waals surface area contributed by atoms with Gasteiger partial charge in [-0.05, 0) is 35.5 Å². The summed E-state index contributed by atoms with van der Waals surface area (Å²) in [5.41, 5.74) is 6.49. The van der Waals surface area contributed by atoms with E-state index in [0.717, 1.165) is 6.07 Å². The van der Waals surface area contributed by atoms with E-state index in [2.05, 4.69) is 20.4 Å². The van der Waals surface area contributed by atoms with Gasteiger partial charge >= 0.3 is 5.97 Å². The molecule has 12 heteroatoms. The number of benzene rings is 1. The van der Waals surface area contributed by atoms with Crippen molar-refractivity contribution in [2.75, 3.05) is 13.1 Å². The van der Waals surface area contributed by atoms with Crippen LogP contribution in [-0.4, -0.2) is 60.3 Å². The lowest BCUT2D eigenvalue weighted by Gasteiger charge is -2.11. The number of aliphatic carboxylic acids is 1. The van der Waals surface area contributed by atoms with Gasteiger partial charge in [0.15, 0.2) is 11.6 Å². The number of ether oxygens (including phenoxy) is 1. The number of carboxylic acid groups (broad SMARTS) is 1. The number of nitrogens with zero attached hydrogens (tertiary/aromatic N) is 6. The molecule has 156 valence electrons. The number of aromatic nitrogens is 5. The molecule has 1 saturated heterocycles. The smallest absolute Gasteiger partial charge is 0.309 e. The molecule has 2 atom stereocenters. The molecule has 0 saturated carbocycles. The van der Waals surface area contributed by atoms with Crippen LogP contribution >= 0.6 is 11.6 Å². The van der Waals surface area contributed by atoms with Crippen molar-refractivity contribution < 1.29 is 19.0 Å². The van der Waals surface area contributed by atoms with Crippen LogP contribution in [0, 0.1) is 11.7 Å². The summed E-state index contributed by atoms with van der Waals surface area (Å²) in [6, 6.07) is 7.29. The molecule has 1 aromatic carbocycles. The van der Waals surface area contributed by atoms with Gasteiger partial charge in [0, 0.05) is 25.3 Å². The third-order valence-corrected chi connectivity index (χ3v) is 4.84. The highest BCUT2D eigenvalue weighted by Crippen LogP contribution is 2.25. The fraction of sp³-hybridized carbons (Fsp3) is 0.278. The van der Waals surface area contributed by atoms with Gasteiger partial charge in [-0.25, -0.2) is 9.37 Å². The molecule has 1 aliphatic heterocycles. The Labute approximate surface area is 175 Å². The van der Waals surface area contributed by atoms with Crippen LogP contribution in [0.3, 0.4) is 0 Å². The first kappa shape index (κ1) is 20.1. The Kier molecular flexibility index (Phi) is 5.57. The molecule has 0 spiro atoms. The second kappa shape index (κ2) is 8.30. The van der Waals surface area contributed by atoms with Gasteiger partial charge in [-0.1, -0.05) is 11.6 Å². The second-order valence-electron chi connectivity index (χ2n) is 6.83. The molecule has 2 unspecified atom stereocenters. The van der Waals surface area contributed by atoms with Crippen LogP contribution in [0.5, 0.6) is 11.6 Å². The highest BCUT2D eigenvalue weighted by atomic mass is 35.5. The second-order valence-corrected chi connectivity index (χ2v) is 7.27. The summed E-state index contributed by atoms with van der Waals surface area (Å²) < 4.78 is 19.2. The summed E-state index contributed by atoms with van der Waals surface area (Å²) in [5.74, 6) is -1.54. The van der Waals surface area contributed by atoms with Crippen molar-refractivity contribution in [1.82, 2.24) is 30.1 Å². The van der Waals surface area contributed by atoms with Crippen LogP contribution in [-0.2, 0) is 11.3 Å². The zero-order chi connectivity index (χ0) is 21.3. The van der Waals surface area contributed by atoms with Gasteiger partial charge in [0.2, 0.25) is 0 Å². The molecule has 0 amide bonds. The van der Waals surface area contributed by atoms with Crippen molar-refractivity contribution in [3.8, 4) is 17.3 Å². The number of carbonyl (C=O) groups is 1. The number of rotatable bonds is 6. The minimum absolute atomic E-state index is 0.178. The lowest BCUT2D eigenvalue weighted by atomic mass is 10.1. The van der Waals surface area contributed by atoms with E-state index in [9.17, 15) is 9.18 Å².